The molecule has 1 atom stereocenters. The molecule has 21 heavy (non-hydrogen) atoms. The van der Waals surface area contributed by atoms with Crippen molar-refractivity contribution in [3.8, 4) is 0 Å². The van der Waals surface area contributed by atoms with Crippen molar-refractivity contribution in [1.29, 1.82) is 0 Å². The Balaban J connectivity index is 1.80. The summed E-state index contributed by atoms with van der Waals surface area (Å²) in [7, 11) is 0. The molecule has 2 rings (SSSR count). The summed E-state index contributed by atoms with van der Waals surface area (Å²) in [6, 6.07) is 10.5. The molecule has 1 fully saturated rings. The molecule has 4 nitrogen and oxygen atoms in total. The molecular weight excluding hydrogens is 264 g/mol. The first kappa shape index (κ1) is 16.0. The number of likely N-dealkylation sites (tertiary alicyclic amines) is 1. The van der Waals surface area contributed by atoms with Crippen LogP contribution in [0.25, 0.3) is 0 Å². The van der Waals surface area contributed by atoms with Crippen molar-refractivity contribution < 1.29 is 9.63 Å². The molecule has 116 valence electrons. The molecule has 0 bridgehead atoms. The summed E-state index contributed by atoms with van der Waals surface area (Å²) in [6.07, 6.45) is 1.91. The molecule has 0 radical (unpaired) electrons. The minimum atomic E-state index is -0.330. The molecule has 1 aromatic carbocycles. The predicted octanol–water partition coefficient (Wildman–Crippen LogP) is 2.70. The van der Waals surface area contributed by atoms with Gasteiger partial charge in [0.2, 0.25) is 6.41 Å². The van der Waals surface area contributed by atoms with Crippen LogP contribution in [-0.2, 0) is 16.2 Å². The normalized spacial score (nSPS) is 19.7. The fourth-order valence-electron chi connectivity index (χ4n) is 2.76. The molecule has 0 saturated carbocycles. The van der Waals surface area contributed by atoms with E-state index in [0.29, 0.717) is 12.5 Å². The third kappa shape index (κ3) is 5.48. The van der Waals surface area contributed by atoms with Gasteiger partial charge in [-0.05, 0) is 45.2 Å². The number of benzene rings is 1. The Kier molecular flexibility index (Phi) is 5.37. The van der Waals surface area contributed by atoms with E-state index in [1.165, 1.54) is 10.6 Å². The lowest BCUT2D eigenvalue weighted by Gasteiger charge is -2.28. The van der Waals surface area contributed by atoms with Crippen LogP contribution in [0.15, 0.2) is 30.3 Å². The van der Waals surface area contributed by atoms with Crippen LogP contribution in [0.4, 0.5) is 0 Å². The molecule has 1 amide bonds. The van der Waals surface area contributed by atoms with Gasteiger partial charge in [0.05, 0.1) is 12.1 Å². The molecular formula is C17H26N2O2. The Morgan fingerprint density at radius 2 is 2.05 bits per heavy atom. The summed E-state index contributed by atoms with van der Waals surface area (Å²) in [5, 5.41) is 1.46. The summed E-state index contributed by atoms with van der Waals surface area (Å²) in [5.74, 6) is 0.487. The number of hydroxylamine groups is 2. The average Bonchev–Trinajstić information content (AvgIpc) is 2.85. The highest BCUT2D eigenvalue weighted by Gasteiger charge is 2.26. The van der Waals surface area contributed by atoms with E-state index in [0.717, 1.165) is 32.5 Å². The van der Waals surface area contributed by atoms with Crippen molar-refractivity contribution in [3.63, 3.8) is 0 Å². The van der Waals surface area contributed by atoms with E-state index < -0.39 is 0 Å². The van der Waals surface area contributed by atoms with E-state index in [1.807, 2.05) is 26.8 Å². The van der Waals surface area contributed by atoms with Crippen molar-refractivity contribution in [2.24, 2.45) is 5.92 Å². The summed E-state index contributed by atoms with van der Waals surface area (Å²) in [4.78, 5) is 19.2. The van der Waals surface area contributed by atoms with Gasteiger partial charge in [-0.3, -0.25) is 14.5 Å². The van der Waals surface area contributed by atoms with E-state index in [9.17, 15) is 4.79 Å². The zero-order valence-corrected chi connectivity index (χ0v) is 13.3. The second kappa shape index (κ2) is 7.05. The van der Waals surface area contributed by atoms with E-state index in [1.54, 1.807) is 0 Å². The molecule has 1 aliphatic rings. The van der Waals surface area contributed by atoms with Crippen LogP contribution >= 0.6 is 0 Å². The average molecular weight is 290 g/mol. The van der Waals surface area contributed by atoms with Gasteiger partial charge in [0, 0.05) is 13.1 Å². The van der Waals surface area contributed by atoms with Gasteiger partial charge in [-0.2, -0.15) is 0 Å². The van der Waals surface area contributed by atoms with E-state index in [2.05, 4.69) is 29.2 Å². The van der Waals surface area contributed by atoms with E-state index >= 15 is 0 Å². The van der Waals surface area contributed by atoms with Crippen LogP contribution in [0.5, 0.6) is 0 Å². The van der Waals surface area contributed by atoms with E-state index in [4.69, 9.17) is 4.84 Å². The first-order valence-electron chi connectivity index (χ1n) is 7.63. The largest absolute Gasteiger partial charge is 0.299 e. The Bertz CT molecular complexity index is 442. The SMILES string of the molecule is CC(C)(C)ON(C=O)C[C@H]1CCN(Cc2ccccc2)C1. The molecule has 0 aromatic heterocycles. The summed E-state index contributed by atoms with van der Waals surface area (Å²) >= 11 is 0. The third-order valence-corrected chi connectivity index (χ3v) is 3.57. The fraction of sp³-hybridized carbons (Fsp3) is 0.588. The highest BCUT2D eigenvalue weighted by molar-refractivity contribution is 5.45. The molecule has 1 aromatic rings. The summed E-state index contributed by atoms with van der Waals surface area (Å²) < 4.78 is 0. The van der Waals surface area contributed by atoms with Crippen LogP contribution in [-0.4, -0.2) is 41.6 Å². The molecule has 1 saturated heterocycles. The lowest BCUT2D eigenvalue weighted by atomic mass is 10.1. The minimum Gasteiger partial charge on any atom is -0.299 e. The molecule has 0 unspecified atom stereocenters. The first-order valence-corrected chi connectivity index (χ1v) is 7.63. The number of rotatable bonds is 6. The summed E-state index contributed by atoms with van der Waals surface area (Å²) in [6.45, 7) is 9.64. The number of hydrogen-bond acceptors (Lipinski definition) is 3. The van der Waals surface area contributed by atoms with Crippen LogP contribution in [0.3, 0.4) is 0 Å². The maximum Gasteiger partial charge on any atom is 0.233 e. The number of nitrogens with zero attached hydrogens (tertiary/aromatic N) is 2. The number of carbonyl (C=O) groups excluding carboxylic acids is 1. The number of carbonyl (C=O) groups is 1. The van der Waals surface area contributed by atoms with E-state index in [-0.39, 0.29) is 5.60 Å². The van der Waals surface area contributed by atoms with Gasteiger partial charge in [0.1, 0.15) is 0 Å². The minimum absolute atomic E-state index is 0.330. The quantitative estimate of drug-likeness (QED) is 0.596. The van der Waals surface area contributed by atoms with Gasteiger partial charge >= 0.3 is 0 Å². The molecule has 0 spiro atoms. The maximum absolute atomic E-state index is 11.1. The lowest BCUT2D eigenvalue weighted by Crippen LogP contribution is -2.37. The standard InChI is InChI=1S/C17H26N2O2/c1-17(2,3)21-19(14-20)13-16-9-10-18(12-16)11-15-7-5-4-6-8-15/h4-8,14,16H,9-13H2,1-3H3/t16-/m0/s1. The predicted molar refractivity (Wildman–Crippen MR) is 83.4 cm³/mol. The van der Waals surface area contributed by atoms with Crippen molar-refractivity contribution >= 4 is 6.41 Å². The fourth-order valence-corrected chi connectivity index (χ4v) is 2.76. The monoisotopic (exact) mass is 290 g/mol. The van der Waals surface area contributed by atoms with Crippen molar-refractivity contribution in [1.82, 2.24) is 9.96 Å². The van der Waals surface area contributed by atoms with Crippen LogP contribution in [0.2, 0.25) is 0 Å². The molecule has 0 aliphatic carbocycles. The second-order valence-electron chi connectivity index (χ2n) is 6.78. The Morgan fingerprint density at radius 3 is 2.67 bits per heavy atom. The van der Waals surface area contributed by atoms with Crippen molar-refractivity contribution in [2.45, 2.75) is 39.3 Å². The maximum atomic E-state index is 11.1. The van der Waals surface area contributed by atoms with Gasteiger partial charge in [-0.15, -0.1) is 0 Å². The van der Waals surface area contributed by atoms with Gasteiger partial charge < -0.3 is 0 Å². The lowest BCUT2D eigenvalue weighted by molar-refractivity contribution is -0.219. The van der Waals surface area contributed by atoms with Gasteiger partial charge in [-0.25, -0.2) is 5.06 Å². The summed E-state index contributed by atoms with van der Waals surface area (Å²) in [5.41, 5.74) is 1.01. The number of hydrogen-bond donors (Lipinski definition) is 0. The smallest absolute Gasteiger partial charge is 0.233 e. The molecule has 4 heteroatoms. The first-order chi connectivity index (χ1) is 9.96. The Labute approximate surface area is 127 Å². The Hall–Kier alpha value is -1.39. The van der Waals surface area contributed by atoms with Crippen molar-refractivity contribution in [2.75, 3.05) is 19.6 Å². The van der Waals surface area contributed by atoms with Crippen LogP contribution in [0, 0.1) is 5.92 Å². The Morgan fingerprint density at radius 1 is 1.33 bits per heavy atom. The van der Waals surface area contributed by atoms with Gasteiger partial charge in [-0.1, -0.05) is 30.3 Å². The zero-order chi connectivity index (χ0) is 15.3. The molecule has 0 N–H and O–H groups in total. The zero-order valence-electron chi connectivity index (χ0n) is 13.3. The highest BCUT2D eigenvalue weighted by Crippen LogP contribution is 2.20. The molecule has 1 heterocycles. The second-order valence-corrected chi connectivity index (χ2v) is 6.78. The van der Waals surface area contributed by atoms with Crippen LogP contribution < -0.4 is 0 Å². The van der Waals surface area contributed by atoms with Gasteiger partial charge in [0.15, 0.2) is 0 Å². The number of amides is 1. The van der Waals surface area contributed by atoms with Crippen molar-refractivity contribution in [3.05, 3.63) is 35.9 Å². The van der Waals surface area contributed by atoms with Crippen LogP contribution in [0.1, 0.15) is 32.8 Å². The third-order valence-electron chi connectivity index (χ3n) is 3.57. The highest BCUT2D eigenvalue weighted by atomic mass is 16.7. The topological polar surface area (TPSA) is 32.8 Å². The van der Waals surface area contributed by atoms with Gasteiger partial charge in [0.25, 0.3) is 0 Å². The molecule has 1 aliphatic heterocycles.